The summed E-state index contributed by atoms with van der Waals surface area (Å²) in [5.74, 6) is -1.12. The van der Waals surface area contributed by atoms with E-state index in [1.54, 1.807) is 19.2 Å². The summed E-state index contributed by atoms with van der Waals surface area (Å²) < 4.78 is 11.5. The van der Waals surface area contributed by atoms with E-state index in [-0.39, 0.29) is 11.8 Å². The van der Waals surface area contributed by atoms with Gasteiger partial charge in [0.05, 0.1) is 35.1 Å². The molecular weight excluding hydrogens is 595 g/mol. The summed E-state index contributed by atoms with van der Waals surface area (Å²) in [6.07, 6.45) is 0.614. The molecule has 1 amide bonds. The number of carbonyl (C=O) groups excluding carboxylic acids is 2. The van der Waals surface area contributed by atoms with E-state index in [2.05, 4.69) is 20.8 Å². The largest absolute Gasteiger partial charge is 0.497 e. The number of tetrazole rings is 1. The lowest BCUT2D eigenvalue weighted by Crippen LogP contribution is -2.44. The number of Topliss-reactive ketones (excluding diaryl/α,β-unsaturated/α-hetero) is 1. The first-order chi connectivity index (χ1) is 19.6. The fourth-order valence-electron chi connectivity index (χ4n) is 3.61. The van der Waals surface area contributed by atoms with Crippen LogP contribution in [0.25, 0.3) is 0 Å². The summed E-state index contributed by atoms with van der Waals surface area (Å²) in [7, 11) is 5.30. The number of nitrogens with one attached hydrogen (secondary N) is 1. The SMILES string of the molecule is COc1ccc(CCCCOC(=O)NC(CC(=O)O)C(=O)Cn2nnnc2Sc2c(Cl)cc(N(C)C)cc2Cl)cc1. The molecule has 0 saturated heterocycles. The molecule has 15 heteroatoms. The van der Waals surface area contributed by atoms with Crippen molar-refractivity contribution in [2.45, 2.75) is 48.3 Å². The van der Waals surface area contributed by atoms with E-state index >= 15 is 0 Å². The Morgan fingerprint density at radius 3 is 2.41 bits per heavy atom. The standard InChI is InChI=1S/C26H30Cl2N6O6S/c1-33(2)17-12-19(27)24(20(28)13-17)41-25-30-31-32-34(25)15-22(35)21(14-23(36)37)29-26(38)40-11-5-4-6-16-7-9-18(39-3)10-8-16/h7-10,12-13,21H,4-6,11,14-15H2,1-3H3,(H,29,38)(H,36,37). The average Bonchev–Trinajstić information content (AvgIpc) is 3.36. The first-order valence-electron chi connectivity index (χ1n) is 12.5. The van der Waals surface area contributed by atoms with Crippen LogP contribution in [0.4, 0.5) is 10.5 Å². The Balaban J connectivity index is 1.54. The molecule has 12 nitrogen and oxygen atoms in total. The molecule has 0 spiro atoms. The Hall–Kier alpha value is -3.55. The summed E-state index contributed by atoms with van der Waals surface area (Å²) >= 11 is 13.9. The average molecular weight is 626 g/mol. The van der Waals surface area contributed by atoms with Gasteiger partial charge >= 0.3 is 12.1 Å². The molecule has 41 heavy (non-hydrogen) atoms. The molecule has 3 rings (SSSR count). The van der Waals surface area contributed by atoms with E-state index in [9.17, 15) is 19.5 Å². The van der Waals surface area contributed by atoms with Crippen molar-refractivity contribution in [3.63, 3.8) is 0 Å². The highest BCUT2D eigenvalue weighted by Gasteiger charge is 2.26. The van der Waals surface area contributed by atoms with Crippen LogP contribution in [0, 0.1) is 0 Å². The third kappa shape index (κ3) is 9.80. The fraction of sp³-hybridized carbons (Fsp3) is 0.385. The van der Waals surface area contributed by atoms with Crippen molar-refractivity contribution < 1.29 is 29.0 Å². The maximum Gasteiger partial charge on any atom is 0.407 e. The molecule has 0 aliphatic rings. The normalized spacial score (nSPS) is 11.5. The number of unbranched alkanes of at least 4 members (excludes halogenated alkanes) is 1. The Kier molecular flexibility index (Phi) is 12.0. The lowest BCUT2D eigenvalue weighted by atomic mass is 10.1. The van der Waals surface area contributed by atoms with Gasteiger partial charge in [0.15, 0.2) is 5.78 Å². The number of ether oxygens (including phenoxy) is 2. The topological polar surface area (TPSA) is 149 Å². The lowest BCUT2D eigenvalue weighted by molar-refractivity contribution is -0.139. The molecule has 0 radical (unpaired) electrons. The maximum atomic E-state index is 13.0. The molecule has 2 aromatic carbocycles. The minimum atomic E-state index is -1.35. The van der Waals surface area contributed by atoms with Crippen molar-refractivity contribution in [3.8, 4) is 5.75 Å². The van der Waals surface area contributed by atoms with Gasteiger partial charge in [0.1, 0.15) is 18.3 Å². The number of aliphatic carboxylic acids is 1. The number of hydrogen-bond donors (Lipinski definition) is 2. The van der Waals surface area contributed by atoms with Crippen molar-refractivity contribution in [1.82, 2.24) is 25.5 Å². The van der Waals surface area contributed by atoms with Gasteiger partial charge in [-0.05, 0) is 71.3 Å². The predicted molar refractivity (Wildman–Crippen MR) is 154 cm³/mol. The van der Waals surface area contributed by atoms with E-state index in [1.165, 1.54) is 4.68 Å². The minimum Gasteiger partial charge on any atom is -0.497 e. The van der Waals surface area contributed by atoms with Gasteiger partial charge < -0.3 is 24.8 Å². The number of aryl methyl sites for hydroxylation is 1. The van der Waals surface area contributed by atoms with Crippen LogP contribution in [0.15, 0.2) is 46.5 Å². The number of benzene rings is 2. The number of anilines is 1. The van der Waals surface area contributed by atoms with Crippen LogP contribution in [0.5, 0.6) is 5.75 Å². The zero-order valence-electron chi connectivity index (χ0n) is 22.7. The summed E-state index contributed by atoms with van der Waals surface area (Å²) in [6, 6.07) is 9.79. The number of halogens is 2. The van der Waals surface area contributed by atoms with Crippen LogP contribution >= 0.6 is 35.0 Å². The van der Waals surface area contributed by atoms with Gasteiger partial charge in [-0.2, -0.15) is 0 Å². The first-order valence-corrected chi connectivity index (χ1v) is 14.1. The Morgan fingerprint density at radius 1 is 1.12 bits per heavy atom. The lowest BCUT2D eigenvalue weighted by Gasteiger charge is -2.17. The van der Waals surface area contributed by atoms with Crippen molar-refractivity contribution in [3.05, 3.63) is 52.0 Å². The second-order valence-electron chi connectivity index (χ2n) is 9.06. The number of aromatic nitrogens is 4. The summed E-state index contributed by atoms with van der Waals surface area (Å²) in [4.78, 5) is 39.0. The molecular formula is C26H30Cl2N6O6S. The Labute approximate surface area is 251 Å². The van der Waals surface area contributed by atoms with Crippen LogP contribution in [0.2, 0.25) is 10.0 Å². The highest BCUT2D eigenvalue weighted by Crippen LogP contribution is 2.40. The van der Waals surface area contributed by atoms with Crippen molar-refractivity contribution in [2.24, 2.45) is 0 Å². The number of ketones is 1. The molecule has 0 aliphatic heterocycles. The number of carboxylic acids is 1. The highest BCUT2D eigenvalue weighted by atomic mass is 35.5. The summed E-state index contributed by atoms with van der Waals surface area (Å²) in [5, 5.41) is 23.9. The van der Waals surface area contributed by atoms with Crippen LogP contribution in [-0.2, 0) is 27.3 Å². The molecule has 0 bridgehead atoms. The number of hydrogen-bond acceptors (Lipinski definition) is 10. The molecule has 0 saturated carbocycles. The van der Waals surface area contributed by atoms with Crippen LogP contribution < -0.4 is 15.0 Å². The zero-order valence-corrected chi connectivity index (χ0v) is 25.0. The van der Waals surface area contributed by atoms with Gasteiger partial charge in [-0.25, -0.2) is 9.48 Å². The maximum absolute atomic E-state index is 13.0. The molecule has 2 N–H and O–H groups in total. The molecule has 0 fully saturated rings. The number of nitrogens with zero attached hydrogens (tertiary/aromatic N) is 5. The fourth-order valence-corrected chi connectivity index (χ4v) is 5.10. The first kappa shape index (κ1) is 32.0. The molecule has 1 aromatic heterocycles. The van der Waals surface area contributed by atoms with Crippen LogP contribution in [0.3, 0.4) is 0 Å². The highest BCUT2D eigenvalue weighted by molar-refractivity contribution is 7.99. The van der Waals surface area contributed by atoms with Gasteiger partial charge in [0.25, 0.3) is 0 Å². The number of carboxylic acid groups (broad SMARTS) is 1. The third-order valence-corrected chi connectivity index (χ3v) is 7.75. The van der Waals surface area contributed by atoms with Crippen molar-refractivity contribution in [2.75, 3.05) is 32.7 Å². The number of carbonyl (C=O) groups is 3. The summed E-state index contributed by atoms with van der Waals surface area (Å²) in [6.45, 7) is -0.293. The summed E-state index contributed by atoms with van der Waals surface area (Å²) in [5.41, 5.74) is 1.92. The van der Waals surface area contributed by atoms with E-state index in [1.807, 2.05) is 43.3 Å². The second-order valence-corrected chi connectivity index (χ2v) is 10.8. The van der Waals surface area contributed by atoms with E-state index in [0.29, 0.717) is 21.4 Å². The quantitative estimate of drug-likeness (QED) is 0.232. The van der Waals surface area contributed by atoms with Gasteiger partial charge in [0.2, 0.25) is 5.16 Å². The number of alkyl carbamates (subject to hydrolysis) is 1. The van der Waals surface area contributed by atoms with E-state index in [0.717, 1.165) is 41.6 Å². The number of amides is 1. The number of rotatable bonds is 15. The van der Waals surface area contributed by atoms with Crippen molar-refractivity contribution >= 4 is 58.5 Å². The van der Waals surface area contributed by atoms with E-state index in [4.69, 9.17) is 32.7 Å². The molecule has 3 aromatic rings. The van der Waals surface area contributed by atoms with Crippen molar-refractivity contribution in [1.29, 1.82) is 0 Å². The van der Waals surface area contributed by atoms with Crippen LogP contribution in [0.1, 0.15) is 24.8 Å². The Morgan fingerprint density at radius 2 is 1.80 bits per heavy atom. The van der Waals surface area contributed by atoms with Gasteiger partial charge in [-0.15, -0.1) is 5.10 Å². The third-order valence-electron chi connectivity index (χ3n) is 5.81. The Bertz CT molecular complexity index is 1330. The predicted octanol–water partition coefficient (Wildman–Crippen LogP) is 4.37. The smallest absolute Gasteiger partial charge is 0.407 e. The number of methoxy groups -OCH3 is 1. The molecule has 1 atom stereocenters. The molecule has 1 heterocycles. The monoisotopic (exact) mass is 624 g/mol. The molecule has 220 valence electrons. The zero-order chi connectivity index (χ0) is 29.9. The second kappa shape index (κ2) is 15.5. The van der Waals surface area contributed by atoms with Crippen LogP contribution in [-0.4, -0.2) is 77.0 Å². The van der Waals surface area contributed by atoms with Gasteiger partial charge in [0, 0.05) is 19.8 Å². The van der Waals surface area contributed by atoms with Gasteiger partial charge in [-0.1, -0.05) is 35.3 Å². The van der Waals surface area contributed by atoms with E-state index < -0.39 is 36.9 Å². The minimum absolute atomic E-state index is 0.109. The van der Waals surface area contributed by atoms with Gasteiger partial charge in [-0.3, -0.25) is 9.59 Å². The molecule has 0 aliphatic carbocycles. The molecule has 1 unspecified atom stereocenters.